The molecule has 0 aromatic rings. The number of hydrogen-bond donors (Lipinski definition) is 0. The van der Waals surface area contributed by atoms with E-state index in [1.165, 1.54) is 0 Å². The lowest BCUT2D eigenvalue weighted by atomic mass is 10.2. The lowest BCUT2D eigenvalue weighted by Gasteiger charge is -2.03. The van der Waals surface area contributed by atoms with Crippen molar-refractivity contribution < 1.29 is 4.74 Å². The van der Waals surface area contributed by atoms with Gasteiger partial charge in [0.25, 0.3) is 0 Å². The Hall–Kier alpha value is -0.530. The number of hydrogen-bond acceptors (Lipinski definition) is 1. The minimum atomic E-state index is 0.575. The standard InChI is InChI=1S/C7H15NO/c1-4-6-7(3)8(9)5-2/h4-6H2,1-3H3/b8-7+. The molecule has 0 fully saturated rings. The lowest BCUT2D eigenvalue weighted by Crippen LogP contribution is -2.11. The van der Waals surface area contributed by atoms with E-state index in [1.807, 2.05) is 13.8 Å². The predicted octanol–water partition coefficient (Wildman–Crippen LogP) is 1.78. The Kier molecular flexibility index (Phi) is 4.10. The third-order valence-corrected chi connectivity index (χ3v) is 1.32. The summed E-state index contributed by atoms with van der Waals surface area (Å²) in [5, 5.41) is 10.8. The van der Waals surface area contributed by atoms with Crippen molar-refractivity contribution in [3.05, 3.63) is 5.21 Å². The maximum absolute atomic E-state index is 10.8. The largest absolute Gasteiger partial charge is 0.624 e. The first-order valence-electron chi connectivity index (χ1n) is 3.49. The molecule has 9 heavy (non-hydrogen) atoms. The molecule has 54 valence electrons. The molecule has 0 rings (SSSR count). The van der Waals surface area contributed by atoms with Gasteiger partial charge in [0.1, 0.15) is 0 Å². The third-order valence-electron chi connectivity index (χ3n) is 1.32. The van der Waals surface area contributed by atoms with Gasteiger partial charge in [-0.25, -0.2) is 4.74 Å². The smallest absolute Gasteiger partial charge is 0.160 e. The zero-order chi connectivity index (χ0) is 7.28. The van der Waals surface area contributed by atoms with Crippen LogP contribution in [0.2, 0.25) is 0 Å². The topological polar surface area (TPSA) is 26.1 Å². The molecule has 2 nitrogen and oxygen atoms in total. The number of nitrogens with zero attached hydrogens (tertiary/aromatic N) is 1. The summed E-state index contributed by atoms with van der Waals surface area (Å²) in [5.41, 5.74) is 0.944. The highest BCUT2D eigenvalue weighted by atomic mass is 16.5. The Morgan fingerprint density at radius 3 is 2.33 bits per heavy atom. The van der Waals surface area contributed by atoms with Crippen LogP contribution in [0.1, 0.15) is 33.6 Å². The van der Waals surface area contributed by atoms with E-state index in [9.17, 15) is 5.21 Å². The molecule has 0 saturated heterocycles. The van der Waals surface area contributed by atoms with Crippen LogP contribution in [-0.2, 0) is 0 Å². The van der Waals surface area contributed by atoms with Crippen LogP contribution in [0.3, 0.4) is 0 Å². The van der Waals surface area contributed by atoms with Crippen LogP contribution < -0.4 is 0 Å². The molecule has 0 aliphatic carbocycles. The fraction of sp³-hybridized carbons (Fsp3) is 0.857. The summed E-state index contributed by atoms with van der Waals surface area (Å²) in [6.45, 7) is 6.41. The van der Waals surface area contributed by atoms with Gasteiger partial charge >= 0.3 is 0 Å². The summed E-state index contributed by atoms with van der Waals surface area (Å²) in [4.78, 5) is 0. The zero-order valence-electron chi connectivity index (χ0n) is 6.48. The van der Waals surface area contributed by atoms with E-state index in [0.717, 1.165) is 23.3 Å². The SMILES string of the molecule is CCC/C(C)=[N+](/[O-])CC. The summed E-state index contributed by atoms with van der Waals surface area (Å²) in [7, 11) is 0. The van der Waals surface area contributed by atoms with Crippen molar-refractivity contribution >= 4 is 5.71 Å². The highest BCUT2D eigenvalue weighted by molar-refractivity contribution is 5.76. The first kappa shape index (κ1) is 8.47. The van der Waals surface area contributed by atoms with Crippen LogP contribution in [-0.4, -0.2) is 17.0 Å². The van der Waals surface area contributed by atoms with Crippen LogP contribution in [0, 0.1) is 5.21 Å². The van der Waals surface area contributed by atoms with E-state index in [0.29, 0.717) is 6.54 Å². The summed E-state index contributed by atoms with van der Waals surface area (Å²) in [5.74, 6) is 0. The molecular formula is C7H15NO. The van der Waals surface area contributed by atoms with E-state index in [4.69, 9.17) is 0 Å². The molecule has 0 radical (unpaired) electrons. The molecule has 0 aromatic carbocycles. The van der Waals surface area contributed by atoms with Crippen LogP contribution in [0.5, 0.6) is 0 Å². The molecule has 0 bridgehead atoms. The van der Waals surface area contributed by atoms with Gasteiger partial charge in [-0.1, -0.05) is 6.92 Å². The van der Waals surface area contributed by atoms with Crippen molar-refractivity contribution in [3.8, 4) is 0 Å². The second-order valence-electron chi connectivity index (χ2n) is 2.18. The first-order valence-corrected chi connectivity index (χ1v) is 3.49. The summed E-state index contributed by atoms with van der Waals surface area (Å²) < 4.78 is 1.05. The van der Waals surface area contributed by atoms with Gasteiger partial charge in [-0.3, -0.25) is 0 Å². The van der Waals surface area contributed by atoms with Gasteiger partial charge in [0.05, 0.1) is 0 Å². The van der Waals surface area contributed by atoms with Crippen LogP contribution in [0.4, 0.5) is 0 Å². The fourth-order valence-electron chi connectivity index (χ4n) is 0.756. The fourth-order valence-corrected chi connectivity index (χ4v) is 0.756. The minimum absolute atomic E-state index is 0.575. The molecule has 0 aliphatic rings. The van der Waals surface area contributed by atoms with Gasteiger partial charge in [-0.05, 0) is 13.3 Å². The van der Waals surface area contributed by atoms with Gasteiger partial charge in [-0.2, -0.15) is 0 Å². The monoisotopic (exact) mass is 129 g/mol. The molecule has 0 heterocycles. The van der Waals surface area contributed by atoms with E-state index in [-0.39, 0.29) is 0 Å². The molecule has 0 N–H and O–H groups in total. The third kappa shape index (κ3) is 3.12. The van der Waals surface area contributed by atoms with Gasteiger partial charge in [-0.15, -0.1) is 0 Å². The summed E-state index contributed by atoms with van der Waals surface area (Å²) >= 11 is 0. The molecule has 0 amide bonds. The Balaban J connectivity index is 3.78. The summed E-state index contributed by atoms with van der Waals surface area (Å²) in [6.07, 6.45) is 1.99. The van der Waals surface area contributed by atoms with Crippen molar-refractivity contribution in [3.63, 3.8) is 0 Å². The molecule has 2 heteroatoms. The predicted molar refractivity (Wildman–Crippen MR) is 39.8 cm³/mol. The quantitative estimate of drug-likeness (QED) is 0.247. The van der Waals surface area contributed by atoms with Crippen LogP contribution in [0.25, 0.3) is 0 Å². The molecule has 0 atom stereocenters. The van der Waals surface area contributed by atoms with E-state index < -0.39 is 0 Å². The highest BCUT2D eigenvalue weighted by Gasteiger charge is 1.96. The van der Waals surface area contributed by atoms with Gasteiger partial charge in [0, 0.05) is 13.3 Å². The summed E-state index contributed by atoms with van der Waals surface area (Å²) in [6, 6.07) is 0. The van der Waals surface area contributed by atoms with Crippen molar-refractivity contribution in [2.24, 2.45) is 0 Å². The maximum Gasteiger partial charge on any atom is 0.160 e. The lowest BCUT2D eigenvalue weighted by molar-refractivity contribution is -0.455. The number of rotatable bonds is 3. The van der Waals surface area contributed by atoms with Crippen molar-refractivity contribution in [2.75, 3.05) is 6.54 Å². The highest BCUT2D eigenvalue weighted by Crippen LogP contribution is 1.90. The zero-order valence-corrected chi connectivity index (χ0v) is 6.48. The first-order chi connectivity index (χ1) is 4.22. The Labute approximate surface area is 56.8 Å². The molecule has 0 saturated carbocycles. The molecule has 0 spiro atoms. The Morgan fingerprint density at radius 1 is 1.44 bits per heavy atom. The van der Waals surface area contributed by atoms with Gasteiger partial charge < -0.3 is 5.21 Å². The normalized spacial score (nSPS) is 13.2. The molecule has 0 aromatic heterocycles. The Bertz CT molecular complexity index is 107. The van der Waals surface area contributed by atoms with Crippen LogP contribution in [0.15, 0.2) is 0 Å². The molecule has 0 unspecified atom stereocenters. The van der Waals surface area contributed by atoms with Gasteiger partial charge in [0.15, 0.2) is 12.3 Å². The number of hydroxylamine groups is 1. The second-order valence-corrected chi connectivity index (χ2v) is 2.18. The van der Waals surface area contributed by atoms with Gasteiger partial charge in [0.2, 0.25) is 0 Å². The molecule has 0 aliphatic heterocycles. The minimum Gasteiger partial charge on any atom is -0.624 e. The van der Waals surface area contributed by atoms with E-state index >= 15 is 0 Å². The van der Waals surface area contributed by atoms with E-state index in [1.54, 1.807) is 0 Å². The van der Waals surface area contributed by atoms with Crippen molar-refractivity contribution in [1.82, 2.24) is 0 Å². The van der Waals surface area contributed by atoms with Crippen molar-refractivity contribution in [2.45, 2.75) is 33.6 Å². The average Bonchev–Trinajstić information content (AvgIpc) is 1.87. The van der Waals surface area contributed by atoms with Crippen molar-refractivity contribution in [1.29, 1.82) is 0 Å². The molecular weight excluding hydrogens is 114 g/mol. The van der Waals surface area contributed by atoms with Crippen LogP contribution >= 0.6 is 0 Å². The maximum atomic E-state index is 10.8. The second kappa shape index (κ2) is 4.36. The van der Waals surface area contributed by atoms with E-state index in [2.05, 4.69) is 6.92 Å². The average molecular weight is 129 g/mol. The Morgan fingerprint density at radius 2 is 2.00 bits per heavy atom.